The van der Waals surface area contributed by atoms with E-state index in [1.807, 2.05) is 0 Å². The molecule has 1 aromatic carbocycles. The third-order valence-electron chi connectivity index (χ3n) is 4.72. The minimum atomic E-state index is -1.32. The van der Waals surface area contributed by atoms with Crippen LogP contribution in [0.25, 0.3) is 0 Å². The van der Waals surface area contributed by atoms with Gasteiger partial charge in [0.15, 0.2) is 0 Å². The predicted molar refractivity (Wildman–Crippen MR) is 74.2 cm³/mol. The molecule has 8 heteroatoms. The molecule has 2 saturated heterocycles. The fourth-order valence-corrected chi connectivity index (χ4v) is 3.76. The van der Waals surface area contributed by atoms with Gasteiger partial charge >= 0.3 is 0 Å². The van der Waals surface area contributed by atoms with Gasteiger partial charge in [0.25, 0.3) is 5.69 Å². The number of rotatable bonds is 3. The molecule has 0 unspecified atom stereocenters. The van der Waals surface area contributed by atoms with Crippen molar-refractivity contribution in [1.82, 2.24) is 0 Å². The van der Waals surface area contributed by atoms with Crippen molar-refractivity contribution < 1.29 is 24.4 Å². The van der Waals surface area contributed by atoms with Gasteiger partial charge in [-0.1, -0.05) is 18.2 Å². The molecule has 1 amide bonds. The number of carboxylic acid groups (broad SMARTS) is 1. The van der Waals surface area contributed by atoms with Crippen LogP contribution in [-0.4, -0.2) is 35.0 Å². The molecule has 3 heterocycles. The van der Waals surface area contributed by atoms with Crippen LogP contribution in [0, 0.1) is 22.0 Å². The predicted octanol–water partition coefficient (Wildman–Crippen LogP) is -0.369. The zero-order chi connectivity index (χ0) is 16.4. The van der Waals surface area contributed by atoms with Crippen molar-refractivity contribution in [3.8, 4) is 0 Å². The zero-order valence-corrected chi connectivity index (χ0v) is 11.7. The van der Waals surface area contributed by atoms with E-state index in [4.69, 9.17) is 4.74 Å². The number of carbonyl (C=O) groups is 2. The number of aliphatic carboxylic acids is 1. The lowest BCUT2D eigenvalue weighted by molar-refractivity contribution is -0.384. The number of carbonyl (C=O) groups excluding carboxylic acids is 2. The van der Waals surface area contributed by atoms with Crippen LogP contribution < -0.4 is 10.0 Å². The summed E-state index contributed by atoms with van der Waals surface area (Å²) < 4.78 is 5.73. The number of anilines is 1. The summed E-state index contributed by atoms with van der Waals surface area (Å²) in [5, 5.41) is 22.3. The lowest BCUT2D eigenvalue weighted by Crippen LogP contribution is -2.45. The van der Waals surface area contributed by atoms with Gasteiger partial charge in [-0.2, -0.15) is 0 Å². The van der Waals surface area contributed by atoms with Gasteiger partial charge < -0.3 is 19.5 Å². The number of nitro groups is 1. The first-order valence-electron chi connectivity index (χ1n) is 7.07. The van der Waals surface area contributed by atoms with E-state index in [1.165, 1.54) is 23.1 Å². The van der Waals surface area contributed by atoms with Crippen LogP contribution in [0.3, 0.4) is 0 Å². The Morgan fingerprint density at radius 2 is 2.22 bits per heavy atom. The maximum absolute atomic E-state index is 12.7. The molecule has 3 aliphatic heterocycles. The molecule has 1 aromatic rings. The molecular formula is C15H11N2O6-. The van der Waals surface area contributed by atoms with E-state index >= 15 is 0 Å². The molecule has 0 N–H and O–H groups in total. The maximum Gasteiger partial charge on any atom is 0.271 e. The normalized spacial score (nSPS) is 34.0. The first-order valence-corrected chi connectivity index (χ1v) is 7.07. The lowest BCUT2D eigenvalue weighted by atomic mass is 9.77. The number of carboxylic acids is 1. The highest BCUT2D eigenvalue weighted by Gasteiger charge is 2.65. The van der Waals surface area contributed by atoms with Crippen LogP contribution in [0.15, 0.2) is 36.4 Å². The second-order valence-corrected chi connectivity index (χ2v) is 5.92. The Morgan fingerprint density at radius 1 is 1.43 bits per heavy atom. The molecule has 0 radical (unpaired) electrons. The van der Waals surface area contributed by atoms with Gasteiger partial charge in [-0.3, -0.25) is 14.9 Å². The Balaban J connectivity index is 1.73. The summed E-state index contributed by atoms with van der Waals surface area (Å²) in [6.45, 7) is 0.133. The van der Waals surface area contributed by atoms with Crippen molar-refractivity contribution in [2.75, 3.05) is 11.4 Å². The summed E-state index contributed by atoms with van der Waals surface area (Å²) in [5.41, 5.74) is -0.774. The van der Waals surface area contributed by atoms with E-state index in [9.17, 15) is 24.8 Å². The Hall–Kier alpha value is -2.74. The standard InChI is InChI=1S/C15H12N2O6/c18-13-12-11(14(19)20)10-4-5-15(12,23-10)7-16(13)8-2-1-3-9(6-8)17(21)22/h1-6,10-12H,7H2,(H,19,20)/p-1/t10-,11-,12-,15+/m1/s1. The average Bonchev–Trinajstić information content (AvgIpc) is 3.15. The highest BCUT2D eigenvalue weighted by Crippen LogP contribution is 2.52. The topological polar surface area (TPSA) is 113 Å². The highest BCUT2D eigenvalue weighted by molar-refractivity contribution is 6.02. The molecule has 2 fully saturated rings. The van der Waals surface area contributed by atoms with Gasteiger partial charge in [-0.05, 0) is 6.07 Å². The fourth-order valence-electron chi connectivity index (χ4n) is 3.76. The summed E-state index contributed by atoms with van der Waals surface area (Å²) in [7, 11) is 0. The summed E-state index contributed by atoms with van der Waals surface area (Å²) >= 11 is 0. The molecule has 1 spiro atoms. The van der Waals surface area contributed by atoms with Crippen molar-refractivity contribution in [2.24, 2.45) is 11.8 Å². The SMILES string of the molecule is O=C([O-])[C@@H]1[C@H]2C=C[C@@]3(CN(c4cccc([N+](=O)[O-])c4)C(=O)[C@@H]13)O2. The summed E-state index contributed by atoms with van der Waals surface area (Å²) in [6, 6.07) is 5.68. The van der Waals surface area contributed by atoms with E-state index in [0.29, 0.717) is 5.69 Å². The quantitative estimate of drug-likeness (QED) is 0.427. The second-order valence-electron chi connectivity index (χ2n) is 5.92. The summed E-state index contributed by atoms with van der Waals surface area (Å²) in [4.78, 5) is 35.8. The van der Waals surface area contributed by atoms with Crippen LogP contribution in [-0.2, 0) is 14.3 Å². The minimum Gasteiger partial charge on any atom is -0.550 e. The Kier molecular flexibility index (Phi) is 2.65. The first kappa shape index (κ1) is 13.9. The minimum absolute atomic E-state index is 0.133. The van der Waals surface area contributed by atoms with Gasteiger partial charge in [0.2, 0.25) is 5.91 Å². The van der Waals surface area contributed by atoms with Crippen LogP contribution in [0.4, 0.5) is 11.4 Å². The summed E-state index contributed by atoms with van der Waals surface area (Å²) in [5.74, 6) is -3.62. The van der Waals surface area contributed by atoms with Crippen molar-refractivity contribution in [1.29, 1.82) is 0 Å². The number of non-ortho nitro benzene ring substituents is 1. The number of nitrogens with zero attached hydrogens (tertiary/aromatic N) is 2. The number of amides is 1. The van der Waals surface area contributed by atoms with E-state index in [-0.39, 0.29) is 12.2 Å². The molecule has 4 rings (SSSR count). The Morgan fingerprint density at radius 3 is 2.91 bits per heavy atom. The Bertz CT molecular complexity index is 775. The van der Waals surface area contributed by atoms with Gasteiger partial charge in [-0.25, -0.2) is 0 Å². The fraction of sp³-hybridized carbons (Fsp3) is 0.333. The van der Waals surface area contributed by atoms with Gasteiger partial charge in [0, 0.05) is 24.0 Å². The molecule has 0 aromatic heterocycles. The highest BCUT2D eigenvalue weighted by atomic mass is 16.6. The smallest absolute Gasteiger partial charge is 0.271 e. The molecule has 118 valence electrons. The number of fused-ring (bicyclic) bond motifs is 1. The van der Waals surface area contributed by atoms with Crippen molar-refractivity contribution >= 4 is 23.3 Å². The molecule has 0 saturated carbocycles. The van der Waals surface area contributed by atoms with E-state index in [1.54, 1.807) is 18.2 Å². The largest absolute Gasteiger partial charge is 0.550 e. The monoisotopic (exact) mass is 315 g/mol. The third-order valence-corrected chi connectivity index (χ3v) is 4.72. The van der Waals surface area contributed by atoms with Crippen molar-refractivity contribution in [3.63, 3.8) is 0 Å². The molecule has 4 atom stereocenters. The molecule has 3 aliphatic rings. The van der Waals surface area contributed by atoms with Crippen LogP contribution in [0.1, 0.15) is 0 Å². The Labute approximate surface area is 130 Å². The number of benzene rings is 1. The number of hydrogen-bond acceptors (Lipinski definition) is 6. The van der Waals surface area contributed by atoms with Crippen molar-refractivity contribution in [3.05, 3.63) is 46.5 Å². The molecule has 8 nitrogen and oxygen atoms in total. The van der Waals surface area contributed by atoms with E-state index in [0.717, 1.165) is 0 Å². The van der Waals surface area contributed by atoms with Crippen molar-refractivity contribution in [2.45, 2.75) is 11.7 Å². The number of hydrogen-bond donors (Lipinski definition) is 0. The average molecular weight is 315 g/mol. The number of nitro benzene ring substituents is 1. The van der Waals surface area contributed by atoms with Crippen LogP contribution in [0.5, 0.6) is 0 Å². The summed E-state index contributed by atoms with van der Waals surface area (Å²) in [6.07, 6.45) is 2.71. The van der Waals surface area contributed by atoms with Crippen LogP contribution in [0.2, 0.25) is 0 Å². The lowest BCUT2D eigenvalue weighted by Gasteiger charge is -2.24. The van der Waals surface area contributed by atoms with Gasteiger partial charge in [-0.15, -0.1) is 0 Å². The molecule has 23 heavy (non-hydrogen) atoms. The number of ether oxygens (including phenoxy) is 1. The van der Waals surface area contributed by atoms with Gasteiger partial charge in [0.05, 0.1) is 29.2 Å². The van der Waals surface area contributed by atoms with E-state index < -0.39 is 40.3 Å². The molecule has 0 aliphatic carbocycles. The van der Waals surface area contributed by atoms with E-state index in [2.05, 4.69) is 0 Å². The zero-order valence-electron chi connectivity index (χ0n) is 11.7. The molecular weight excluding hydrogens is 304 g/mol. The third kappa shape index (κ3) is 1.75. The maximum atomic E-state index is 12.7. The second kappa shape index (κ2) is 4.39. The first-order chi connectivity index (χ1) is 10.9. The van der Waals surface area contributed by atoms with Gasteiger partial charge in [0.1, 0.15) is 5.60 Å². The van der Waals surface area contributed by atoms with Crippen LogP contribution >= 0.6 is 0 Å². The molecule has 2 bridgehead atoms.